The summed E-state index contributed by atoms with van der Waals surface area (Å²) in [5.41, 5.74) is 1.12. The van der Waals surface area contributed by atoms with Crippen LogP contribution in [-0.4, -0.2) is 36.1 Å². The van der Waals surface area contributed by atoms with Crippen LogP contribution in [0.5, 0.6) is 0 Å². The molecule has 0 unspecified atom stereocenters. The van der Waals surface area contributed by atoms with Crippen molar-refractivity contribution in [2.45, 2.75) is 6.92 Å². The third-order valence-corrected chi connectivity index (χ3v) is 3.00. The average Bonchev–Trinajstić information content (AvgIpc) is 2.45. The Kier molecular flexibility index (Phi) is 4.32. The number of fused-ring (bicyclic) bond motifs is 1. The summed E-state index contributed by atoms with van der Waals surface area (Å²) in [5.74, 6) is -0.359. The lowest BCUT2D eigenvalue weighted by atomic mass is 10.1. The monoisotopic (exact) mass is 289 g/mol. The summed E-state index contributed by atoms with van der Waals surface area (Å²) >= 11 is 0. The average molecular weight is 289 g/mol. The molecule has 1 heterocycles. The van der Waals surface area contributed by atoms with E-state index in [0.717, 1.165) is 0 Å². The Hall–Kier alpha value is -2.70. The first-order valence-corrected chi connectivity index (χ1v) is 6.43. The van der Waals surface area contributed by atoms with Gasteiger partial charge in [0.15, 0.2) is 0 Å². The lowest BCUT2D eigenvalue weighted by molar-refractivity contribution is -0.383. The van der Waals surface area contributed by atoms with E-state index in [1.165, 1.54) is 6.07 Å². The maximum Gasteiger partial charge on any atom is 0.325 e. The first-order chi connectivity index (χ1) is 10.0. The Morgan fingerprint density at radius 2 is 2.19 bits per heavy atom. The number of carbonyl (C=O) groups is 1. The number of hydrogen-bond acceptors (Lipinski definition) is 6. The van der Waals surface area contributed by atoms with Gasteiger partial charge >= 0.3 is 5.97 Å². The molecule has 2 aromatic rings. The molecule has 1 aromatic carbocycles. The van der Waals surface area contributed by atoms with Crippen LogP contribution in [0, 0.1) is 10.1 Å². The van der Waals surface area contributed by atoms with Crippen LogP contribution in [0.15, 0.2) is 30.5 Å². The van der Waals surface area contributed by atoms with Crippen molar-refractivity contribution in [1.82, 2.24) is 4.98 Å². The Morgan fingerprint density at radius 3 is 2.86 bits per heavy atom. The Bertz CT molecular complexity index is 687. The van der Waals surface area contributed by atoms with Gasteiger partial charge in [-0.3, -0.25) is 19.9 Å². The number of pyridine rings is 1. The molecule has 0 aliphatic carbocycles. The number of esters is 1. The summed E-state index contributed by atoms with van der Waals surface area (Å²) < 4.78 is 4.90. The van der Waals surface area contributed by atoms with Crippen LogP contribution in [0.4, 0.5) is 11.4 Å². The molecular weight excluding hydrogens is 274 g/mol. The van der Waals surface area contributed by atoms with Gasteiger partial charge in [0.25, 0.3) is 5.69 Å². The fraction of sp³-hybridized carbons (Fsp3) is 0.286. The van der Waals surface area contributed by atoms with Gasteiger partial charge < -0.3 is 9.64 Å². The molecule has 0 fully saturated rings. The molecule has 1 aromatic heterocycles. The molecule has 2 rings (SSSR count). The molecule has 7 nitrogen and oxygen atoms in total. The molecule has 110 valence electrons. The van der Waals surface area contributed by atoms with Crippen molar-refractivity contribution in [2.24, 2.45) is 0 Å². The van der Waals surface area contributed by atoms with Gasteiger partial charge in [-0.25, -0.2) is 0 Å². The molecule has 0 N–H and O–H groups in total. The van der Waals surface area contributed by atoms with Crippen LogP contribution < -0.4 is 4.90 Å². The number of rotatable bonds is 5. The zero-order valence-electron chi connectivity index (χ0n) is 11.8. The van der Waals surface area contributed by atoms with E-state index in [2.05, 4.69) is 4.98 Å². The van der Waals surface area contributed by atoms with Gasteiger partial charge in [0, 0.05) is 19.3 Å². The SMILES string of the molecule is CCOC(=O)CN(C)c1ccc([N+](=O)[O-])c2cccnc12. The molecule has 0 atom stereocenters. The maximum atomic E-state index is 11.5. The molecule has 0 saturated carbocycles. The highest BCUT2D eigenvalue weighted by Gasteiger charge is 2.18. The molecular formula is C14H15N3O4. The van der Waals surface area contributed by atoms with Crippen LogP contribution in [0.2, 0.25) is 0 Å². The Morgan fingerprint density at radius 1 is 1.43 bits per heavy atom. The van der Waals surface area contributed by atoms with Crippen LogP contribution >= 0.6 is 0 Å². The number of benzene rings is 1. The van der Waals surface area contributed by atoms with Gasteiger partial charge in [0.05, 0.1) is 22.6 Å². The van der Waals surface area contributed by atoms with E-state index in [1.807, 2.05) is 0 Å². The minimum Gasteiger partial charge on any atom is -0.465 e. The first kappa shape index (κ1) is 14.7. The number of ether oxygens (including phenoxy) is 1. The normalized spacial score (nSPS) is 10.4. The number of nitrogens with zero attached hydrogens (tertiary/aromatic N) is 3. The lowest BCUT2D eigenvalue weighted by Gasteiger charge is -2.19. The minimum atomic E-state index is -0.445. The number of nitro benzene ring substituents is 1. The number of carbonyl (C=O) groups excluding carboxylic acids is 1. The number of anilines is 1. The lowest BCUT2D eigenvalue weighted by Crippen LogP contribution is -2.27. The quantitative estimate of drug-likeness (QED) is 0.476. The molecule has 0 aliphatic heterocycles. The third-order valence-electron chi connectivity index (χ3n) is 3.00. The minimum absolute atomic E-state index is 0.00798. The standard InChI is InChI=1S/C14H15N3O4/c1-3-21-13(18)9-16(2)12-7-6-11(17(19)20)10-5-4-8-15-14(10)12/h4-8H,3,9H2,1-2H3. The summed E-state index contributed by atoms with van der Waals surface area (Å²) in [7, 11) is 1.71. The van der Waals surface area contributed by atoms with Gasteiger partial charge in [-0.15, -0.1) is 0 Å². The van der Waals surface area contributed by atoms with Gasteiger partial charge in [-0.05, 0) is 25.1 Å². The van der Waals surface area contributed by atoms with Crippen molar-refractivity contribution in [2.75, 3.05) is 25.1 Å². The highest BCUT2D eigenvalue weighted by molar-refractivity contribution is 5.97. The maximum absolute atomic E-state index is 11.5. The van der Waals surface area contributed by atoms with E-state index in [4.69, 9.17) is 4.74 Å². The number of non-ortho nitro benzene ring substituents is 1. The highest BCUT2D eigenvalue weighted by Crippen LogP contribution is 2.31. The van der Waals surface area contributed by atoms with Crippen LogP contribution in [0.25, 0.3) is 10.9 Å². The largest absolute Gasteiger partial charge is 0.465 e. The van der Waals surface area contributed by atoms with Gasteiger partial charge in [-0.2, -0.15) is 0 Å². The number of nitro groups is 1. The summed E-state index contributed by atoms with van der Waals surface area (Å²) in [6.45, 7) is 2.10. The molecule has 7 heteroatoms. The molecule has 0 spiro atoms. The summed E-state index contributed by atoms with van der Waals surface area (Å²) in [4.78, 5) is 28.0. The topological polar surface area (TPSA) is 85.6 Å². The number of likely N-dealkylation sites (N-methyl/N-ethyl adjacent to an activating group) is 1. The molecule has 0 amide bonds. The second-order valence-electron chi connectivity index (χ2n) is 4.42. The van der Waals surface area contributed by atoms with Crippen molar-refractivity contribution in [1.29, 1.82) is 0 Å². The van der Waals surface area contributed by atoms with Crippen LogP contribution in [-0.2, 0) is 9.53 Å². The molecule has 0 saturated heterocycles. The third kappa shape index (κ3) is 3.07. The van der Waals surface area contributed by atoms with Crippen LogP contribution in [0.1, 0.15) is 6.92 Å². The van der Waals surface area contributed by atoms with E-state index >= 15 is 0 Å². The predicted molar refractivity (Wildman–Crippen MR) is 78.3 cm³/mol. The van der Waals surface area contributed by atoms with Crippen molar-refractivity contribution >= 4 is 28.2 Å². The molecule has 21 heavy (non-hydrogen) atoms. The zero-order valence-corrected chi connectivity index (χ0v) is 11.8. The zero-order chi connectivity index (χ0) is 15.4. The first-order valence-electron chi connectivity index (χ1n) is 6.43. The van der Waals surface area contributed by atoms with Gasteiger partial charge in [0.1, 0.15) is 12.1 Å². The molecule has 0 bridgehead atoms. The molecule has 0 aliphatic rings. The fourth-order valence-electron chi connectivity index (χ4n) is 2.10. The number of aromatic nitrogens is 1. The highest BCUT2D eigenvalue weighted by atomic mass is 16.6. The van der Waals surface area contributed by atoms with Crippen molar-refractivity contribution in [3.8, 4) is 0 Å². The van der Waals surface area contributed by atoms with Gasteiger partial charge in [0.2, 0.25) is 0 Å². The smallest absolute Gasteiger partial charge is 0.325 e. The van der Waals surface area contributed by atoms with E-state index in [-0.39, 0.29) is 18.2 Å². The van der Waals surface area contributed by atoms with Crippen molar-refractivity contribution < 1.29 is 14.5 Å². The Balaban J connectivity index is 2.43. The fourth-order valence-corrected chi connectivity index (χ4v) is 2.10. The van der Waals surface area contributed by atoms with E-state index in [1.54, 1.807) is 43.3 Å². The second kappa shape index (κ2) is 6.17. The van der Waals surface area contributed by atoms with E-state index in [9.17, 15) is 14.9 Å². The summed E-state index contributed by atoms with van der Waals surface area (Å²) in [5, 5.41) is 11.5. The summed E-state index contributed by atoms with van der Waals surface area (Å²) in [6, 6.07) is 6.29. The van der Waals surface area contributed by atoms with E-state index < -0.39 is 4.92 Å². The predicted octanol–water partition coefficient (Wildman–Crippen LogP) is 2.14. The molecule has 0 radical (unpaired) electrons. The Labute approximate surface area is 121 Å². The second-order valence-corrected chi connectivity index (χ2v) is 4.42. The van der Waals surface area contributed by atoms with Crippen molar-refractivity contribution in [3.05, 3.63) is 40.6 Å². The van der Waals surface area contributed by atoms with Crippen LogP contribution in [0.3, 0.4) is 0 Å². The van der Waals surface area contributed by atoms with Gasteiger partial charge in [-0.1, -0.05) is 0 Å². The van der Waals surface area contributed by atoms with E-state index in [0.29, 0.717) is 23.2 Å². The summed E-state index contributed by atoms with van der Waals surface area (Å²) in [6.07, 6.45) is 1.56. The van der Waals surface area contributed by atoms with Crippen molar-refractivity contribution in [3.63, 3.8) is 0 Å². The number of hydrogen-bond donors (Lipinski definition) is 0.